The summed E-state index contributed by atoms with van der Waals surface area (Å²) >= 11 is 0. The van der Waals surface area contributed by atoms with Crippen molar-refractivity contribution in [2.45, 2.75) is 231 Å². The van der Waals surface area contributed by atoms with Gasteiger partial charge >= 0.3 is 7.82 Å². The van der Waals surface area contributed by atoms with Crippen molar-refractivity contribution in [3.05, 3.63) is 36.5 Å². The Morgan fingerprint density at radius 3 is 1.40 bits per heavy atom. The van der Waals surface area contributed by atoms with Gasteiger partial charge in [-0.2, -0.15) is 0 Å². The number of hydrogen-bond acceptors (Lipinski definition) is 5. The average Bonchev–Trinajstić information content (AvgIpc) is 3.17. The Bertz CT molecular complexity index is 1040. The molecule has 0 aliphatic heterocycles. The number of aliphatic hydroxyl groups excluding tert-OH is 1. The maximum atomic E-state index is 12.9. The molecular weight excluding hydrogens is 744 g/mol. The second-order valence-electron chi connectivity index (χ2n) is 17.8. The van der Waals surface area contributed by atoms with E-state index in [1.807, 2.05) is 27.2 Å². The lowest BCUT2D eigenvalue weighted by molar-refractivity contribution is -0.870. The first kappa shape index (κ1) is 56.7. The second kappa shape index (κ2) is 41.1. The van der Waals surface area contributed by atoms with Crippen LogP contribution < -0.4 is 5.32 Å². The van der Waals surface area contributed by atoms with Gasteiger partial charge in [0.05, 0.1) is 39.9 Å². The fourth-order valence-corrected chi connectivity index (χ4v) is 7.67. The highest BCUT2D eigenvalue weighted by Gasteiger charge is 2.27. The molecule has 1 amide bonds. The van der Waals surface area contributed by atoms with Crippen molar-refractivity contribution < 1.29 is 32.9 Å². The lowest BCUT2D eigenvalue weighted by atomic mass is 10.0. The maximum absolute atomic E-state index is 12.9. The first-order valence-electron chi connectivity index (χ1n) is 24.4. The van der Waals surface area contributed by atoms with Gasteiger partial charge in [-0.1, -0.05) is 192 Å². The summed E-state index contributed by atoms with van der Waals surface area (Å²) in [6, 6.07) is -0.864. The number of hydrogen-bond donors (Lipinski definition) is 3. The lowest BCUT2D eigenvalue weighted by Crippen LogP contribution is -2.45. The molecule has 58 heavy (non-hydrogen) atoms. The van der Waals surface area contributed by atoms with E-state index in [0.29, 0.717) is 17.4 Å². The van der Waals surface area contributed by atoms with Gasteiger partial charge < -0.3 is 19.8 Å². The maximum Gasteiger partial charge on any atom is 0.472 e. The highest BCUT2D eigenvalue weighted by atomic mass is 31.2. The summed E-state index contributed by atoms with van der Waals surface area (Å²) in [6.07, 6.45) is 50.8. The van der Waals surface area contributed by atoms with Crippen molar-refractivity contribution in [1.82, 2.24) is 5.32 Å². The minimum atomic E-state index is -4.35. The van der Waals surface area contributed by atoms with Gasteiger partial charge in [0.1, 0.15) is 13.2 Å². The molecule has 3 unspecified atom stereocenters. The van der Waals surface area contributed by atoms with E-state index in [4.69, 9.17) is 9.05 Å². The third kappa shape index (κ3) is 42.8. The molecule has 3 atom stereocenters. The smallest absolute Gasteiger partial charge is 0.387 e. The Labute approximate surface area is 359 Å². The number of phosphoric ester groups is 1. The fraction of sp³-hybridized carbons (Fsp3) is 0.857. The predicted molar refractivity (Wildman–Crippen MR) is 249 cm³/mol. The van der Waals surface area contributed by atoms with E-state index in [-0.39, 0.29) is 19.1 Å². The van der Waals surface area contributed by atoms with Crippen molar-refractivity contribution in [2.24, 2.45) is 0 Å². The number of nitrogens with zero attached hydrogens (tertiary/aromatic N) is 1. The third-order valence-corrected chi connectivity index (χ3v) is 11.8. The van der Waals surface area contributed by atoms with Crippen LogP contribution in [0.4, 0.5) is 0 Å². The van der Waals surface area contributed by atoms with Crippen LogP contribution in [-0.4, -0.2) is 73.4 Å². The van der Waals surface area contributed by atoms with Crippen LogP contribution in [0.3, 0.4) is 0 Å². The van der Waals surface area contributed by atoms with Gasteiger partial charge in [0.25, 0.3) is 0 Å². The Morgan fingerprint density at radius 1 is 0.569 bits per heavy atom. The number of likely N-dealkylation sites (N-methyl/N-ethyl adjacent to an activating group) is 1. The quantitative estimate of drug-likeness (QED) is 0.0244. The largest absolute Gasteiger partial charge is 0.472 e. The Hall–Kier alpha value is -1.28. The number of nitrogens with one attached hydrogen (secondary N) is 1. The zero-order valence-corrected chi connectivity index (χ0v) is 39.7. The van der Waals surface area contributed by atoms with Crippen LogP contribution >= 0.6 is 7.82 Å². The van der Waals surface area contributed by atoms with Crippen LogP contribution in [0.15, 0.2) is 36.5 Å². The van der Waals surface area contributed by atoms with Crippen molar-refractivity contribution in [3.8, 4) is 0 Å². The number of carbonyl (C=O) groups is 1. The molecule has 3 N–H and O–H groups in total. The van der Waals surface area contributed by atoms with Crippen LogP contribution in [0, 0.1) is 0 Å². The molecule has 0 aliphatic rings. The molecule has 0 saturated carbocycles. The molecule has 0 spiro atoms. The molecule has 0 heterocycles. The highest BCUT2D eigenvalue weighted by Crippen LogP contribution is 2.43. The Balaban J connectivity index is 4.39. The van der Waals surface area contributed by atoms with Gasteiger partial charge in [-0.15, -0.1) is 0 Å². The topological polar surface area (TPSA) is 105 Å². The van der Waals surface area contributed by atoms with Crippen molar-refractivity contribution >= 4 is 13.7 Å². The number of quaternary nitrogens is 1. The van der Waals surface area contributed by atoms with Gasteiger partial charge in [0.2, 0.25) is 5.91 Å². The number of rotatable bonds is 44. The molecule has 0 saturated heterocycles. The molecule has 342 valence electrons. The van der Waals surface area contributed by atoms with Gasteiger partial charge in [-0.05, 0) is 57.8 Å². The van der Waals surface area contributed by atoms with E-state index in [1.54, 1.807) is 6.08 Å². The molecule has 0 fully saturated rings. The van der Waals surface area contributed by atoms with Crippen LogP contribution in [0.25, 0.3) is 0 Å². The standard InChI is InChI=1S/C49H95N2O6P/c1-6-8-10-12-14-16-18-20-22-23-24-25-26-27-29-30-32-34-36-38-40-42-48(52)47(46-57-58(54,55)56-45-44-51(3,4)5)50-49(53)43-41-39-37-35-33-31-28-21-19-17-15-13-11-9-7-2/h17,19,32,34,40,42,47-48,52H,6-16,18,20-31,33,35-39,41,43-46H2,1-5H3,(H-,50,53,54,55)/p+1/b19-17-,34-32+,42-40+. The molecule has 0 aromatic rings. The summed E-state index contributed by atoms with van der Waals surface area (Å²) in [4.78, 5) is 23.1. The number of allylic oxidation sites excluding steroid dienone is 5. The highest BCUT2D eigenvalue weighted by molar-refractivity contribution is 7.47. The van der Waals surface area contributed by atoms with Crippen molar-refractivity contribution in [3.63, 3.8) is 0 Å². The summed E-state index contributed by atoms with van der Waals surface area (Å²) in [7, 11) is 1.55. The van der Waals surface area contributed by atoms with Crippen LogP contribution in [0.5, 0.6) is 0 Å². The lowest BCUT2D eigenvalue weighted by Gasteiger charge is -2.25. The van der Waals surface area contributed by atoms with E-state index < -0.39 is 20.0 Å². The fourth-order valence-electron chi connectivity index (χ4n) is 6.93. The number of aliphatic hydroxyl groups is 1. The van der Waals surface area contributed by atoms with Crippen molar-refractivity contribution in [2.75, 3.05) is 40.9 Å². The minimum Gasteiger partial charge on any atom is -0.387 e. The Kier molecular flexibility index (Phi) is 40.2. The van der Waals surface area contributed by atoms with Crippen LogP contribution in [0.1, 0.15) is 219 Å². The predicted octanol–water partition coefficient (Wildman–Crippen LogP) is 13.9. The molecule has 8 nitrogen and oxygen atoms in total. The molecule has 0 aromatic carbocycles. The second-order valence-corrected chi connectivity index (χ2v) is 19.3. The summed E-state index contributed by atoms with van der Waals surface area (Å²) in [6.45, 7) is 4.79. The van der Waals surface area contributed by atoms with E-state index in [9.17, 15) is 19.4 Å². The summed E-state index contributed by atoms with van der Waals surface area (Å²) in [5.41, 5.74) is 0. The molecule has 0 aliphatic carbocycles. The molecule has 0 aromatic heterocycles. The number of amides is 1. The summed E-state index contributed by atoms with van der Waals surface area (Å²) < 4.78 is 23.6. The third-order valence-electron chi connectivity index (χ3n) is 10.8. The first-order valence-corrected chi connectivity index (χ1v) is 25.9. The molecule has 9 heteroatoms. The van der Waals surface area contributed by atoms with E-state index in [2.05, 4.69) is 43.5 Å². The van der Waals surface area contributed by atoms with Gasteiger partial charge in [-0.3, -0.25) is 13.8 Å². The normalized spacial score (nSPS) is 14.5. The van der Waals surface area contributed by atoms with E-state index in [0.717, 1.165) is 38.5 Å². The van der Waals surface area contributed by atoms with E-state index >= 15 is 0 Å². The number of unbranched alkanes of at least 4 members (excludes halogenated alkanes) is 27. The first-order chi connectivity index (χ1) is 28.0. The Morgan fingerprint density at radius 2 is 0.948 bits per heavy atom. The molecule has 0 bridgehead atoms. The van der Waals surface area contributed by atoms with Crippen LogP contribution in [-0.2, 0) is 18.4 Å². The van der Waals surface area contributed by atoms with Crippen LogP contribution in [0.2, 0.25) is 0 Å². The van der Waals surface area contributed by atoms with Gasteiger partial charge in [0, 0.05) is 6.42 Å². The minimum absolute atomic E-state index is 0.0555. The zero-order valence-electron chi connectivity index (χ0n) is 38.8. The summed E-state index contributed by atoms with van der Waals surface area (Å²) in [5, 5.41) is 13.8. The molecule has 0 rings (SSSR count). The van der Waals surface area contributed by atoms with Gasteiger partial charge in [0.15, 0.2) is 0 Å². The summed E-state index contributed by atoms with van der Waals surface area (Å²) in [5.74, 6) is -0.192. The number of carbonyl (C=O) groups excluding carboxylic acids is 1. The average molecular weight is 840 g/mol. The van der Waals surface area contributed by atoms with E-state index in [1.165, 1.54) is 161 Å². The van der Waals surface area contributed by atoms with Gasteiger partial charge in [-0.25, -0.2) is 4.57 Å². The van der Waals surface area contributed by atoms with Crippen molar-refractivity contribution in [1.29, 1.82) is 0 Å². The molecular formula is C49H96N2O6P+. The zero-order chi connectivity index (χ0) is 42.8. The molecule has 0 radical (unpaired) electrons. The monoisotopic (exact) mass is 840 g/mol. The number of phosphoric acid groups is 1. The SMILES string of the molecule is CCCCCC/C=C\CCCCCCCCCC(=O)NC(COP(=O)(O)OCC[N+](C)(C)C)C(O)/C=C/CC/C=C/CCCCCCCCCCCCCCCCC.